The summed E-state index contributed by atoms with van der Waals surface area (Å²) in [7, 11) is 0.880. The van der Waals surface area contributed by atoms with Crippen molar-refractivity contribution in [2.45, 2.75) is 126 Å². The minimum absolute atomic E-state index is 0.0248. The monoisotopic (exact) mass is 608 g/mol. The molecule has 9 heteroatoms. The van der Waals surface area contributed by atoms with E-state index in [1.54, 1.807) is 13.8 Å². The van der Waals surface area contributed by atoms with Crippen molar-refractivity contribution in [3.05, 3.63) is 11.6 Å². The number of nitrogens with zero attached hydrogens (tertiary/aromatic N) is 1. The summed E-state index contributed by atoms with van der Waals surface area (Å²) in [6.07, 6.45) is 3.51. The summed E-state index contributed by atoms with van der Waals surface area (Å²) >= 11 is 0. The fourth-order valence-electron chi connectivity index (χ4n) is 11.4. The Hall–Kier alpha value is -1.90. The molecule has 4 saturated carbocycles. The van der Waals surface area contributed by atoms with E-state index in [1.165, 1.54) is 0 Å². The highest BCUT2D eigenvalue weighted by atomic mass is 19.4. The SMILES string of the molecule is CON(C(=O)[C@@]1(C)CC[C@]2(C)CC[C@]3(C)C(=CC(=O)[C@@H]4[C@@]5(C)CC[C@H](NC(C)=O)C(C)(C)C5CC[C@]43C)[C@@H]2C1)C(F)(F)F. The molecule has 6 nitrogen and oxygen atoms in total. The number of carbonyl (C=O) groups excluding carboxylic acids is 3. The summed E-state index contributed by atoms with van der Waals surface area (Å²) in [6, 6.07) is 0.0593. The van der Waals surface area contributed by atoms with Crippen LogP contribution >= 0.6 is 0 Å². The van der Waals surface area contributed by atoms with Gasteiger partial charge in [-0.25, -0.2) is 0 Å². The number of hydroxylamine groups is 2. The first kappa shape index (κ1) is 32.5. The molecule has 1 unspecified atom stereocenters. The summed E-state index contributed by atoms with van der Waals surface area (Å²) < 4.78 is 41.2. The van der Waals surface area contributed by atoms with Crippen molar-refractivity contribution < 1.29 is 32.4 Å². The van der Waals surface area contributed by atoms with E-state index in [9.17, 15) is 27.6 Å². The number of amides is 2. The second-order valence-electron chi connectivity index (χ2n) is 16.6. The molecule has 0 radical (unpaired) electrons. The van der Waals surface area contributed by atoms with E-state index in [0.717, 1.165) is 51.2 Å². The number of allylic oxidation sites excluding steroid dienone is 2. The average Bonchev–Trinajstić information content (AvgIpc) is 2.87. The lowest BCUT2D eigenvalue weighted by Gasteiger charge is -2.70. The van der Waals surface area contributed by atoms with Crippen molar-refractivity contribution in [1.29, 1.82) is 0 Å². The maximum atomic E-state index is 14.5. The molecule has 5 aliphatic rings. The normalized spacial score (nSPS) is 45.5. The van der Waals surface area contributed by atoms with E-state index in [4.69, 9.17) is 0 Å². The van der Waals surface area contributed by atoms with Crippen LogP contribution in [0.2, 0.25) is 0 Å². The molecule has 43 heavy (non-hydrogen) atoms. The maximum absolute atomic E-state index is 14.5. The molecule has 5 aliphatic carbocycles. The molecule has 4 fully saturated rings. The fourth-order valence-corrected chi connectivity index (χ4v) is 11.4. The second-order valence-corrected chi connectivity index (χ2v) is 16.6. The van der Waals surface area contributed by atoms with Crippen molar-refractivity contribution in [3.63, 3.8) is 0 Å². The van der Waals surface area contributed by atoms with Gasteiger partial charge in [-0.3, -0.25) is 19.2 Å². The van der Waals surface area contributed by atoms with Crippen LogP contribution in [0.3, 0.4) is 0 Å². The van der Waals surface area contributed by atoms with E-state index in [2.05, 4.69) is 51.7 Å². The summed E-state index contributed by atoms with van der Waals surface area (Å²) in [4.78, 5) is 44.5. The van der Waals surface area contributed by atoms with Crippen molar-refractivity contribution >= 4 is 17.6 Å². The Balaban J connectivity index is 1.54. The highest BCUT2D eigenvalue weighted by Gasteiger charge is 2.70. The molecule has 0 heterocycles. The fraction of sp³-hybridized carbons (Fsp3) is 0.853. The molecule has 0 spiro atoms. The molecule has 0 saturated heterocycles. The number of fused-ring (bicyclic) bond motifs is 7. The van der Waals surface area contributed by atoms with Crippen LogP contribution in [0, 0.1) is 50.2 Å². The first-order valence-electron chi connectivity index (χ1n) is 16.1. The summed E-state index contributed by atoms with van der Waals surface area (Å²) in [6.45, 7) is 16.8. The van der Waals surface area contributed by atoms with Gasteiger partial charge in [-0.05, 0) is 103 Å². The van der Waals surface area contributed by atoms with Crippen LogP contribution in [-0.4, -0.2) is 42.1 Å². The van der Waals surface area contributed by atoms with Crippen LogP contribution in [0.1, 0.15) is 113 Å². The molecule has 0 aromatic rings. The zero-order valence-electron chi connectivity index (χ0n) is 27.5. The van der Waals surface area contributed by atoms with Crippen LogP contribution < -0.4 is 5.32 Å². The van der Waals surface area contributed by atoms with Crippen molar-refractivity contribution in [1.82, 2.24) is 10.4 Å². The highest BCUT2D eigenvalue weighted by molar-refractivity contribution is 5.95. The molecular formula is C34H51F3N2O4. The molecule has 0 aromatic carbocycles. The van der Waals surface area contributed by atoms with Crippen molar-refractivity contribution in [2.24, 2.45) is 50.2 Å². The van der Waals surface area contributed by atoms with Gasteiger partial charge in [0.05, 0.1) is 7.11 Å². The van der Waals surface area contributed by atoms with Crippen LogP contribution in [-0.2, 0) is 19.2 Å². The van der Waals surface area contributed by atoms with Gasteiger partial charge in [0, 0.05) is 24.3 Å². The van der Waals surface area contributed by atoms with Gasteiger partial charge in [0.25, 0.3) is 5.91 Å². The van der Waals surface area contributed by atoms with Crippen LogP contribution in [0.25, 0.3) is 0 Å². The minimum atomic E-state index is -4.93. The Morgan fingerprint density at radius 1 is 0.953 bits per heavy atom. The zero-order chi connectivity index (χ0) is 32.2. The standard InChI is InChI=1S/C34H51F3N2O4/c1-20(40)38-25-11-12-31(6)24(28(25,2)3)10-13-33(8)26(31)23(41)18-21-22-19-30(5,27(42)39(43-9)34(35,36)37)15-14-29(22,4)16-17-32(21,33)7/h18,22,24-26H,10-17,19H2,1-9H3,(H,38,40)/t22-,24?,25-,26+,29+,30-,31-,32+,33+/m0/s1. The number of alkyl halides is 3. The molecule has 242 valence electrons. The van der Waals surface area contributed by atoms with E-state index < -0.39 is 22.7 Å². The Bertz CT molecular complexity index is 1250. The van der Waals surface area contributed by atoms with Gasteiger partial charge in [0.1, 0.15) is 0 Å². The van der Waals surface area contributed by atoms with E-state index in [0.29, 0.717) is 12.8 Å². The summed E-state index contributed by atoms with van der Waals surface area (Å²) in [5.74, 6) is -1.04. The van der Waals surface area contributed by atoms with Crippen LogP contribution in [0.5, 0.6) is 0 Å². The predicted molar refractivity (Wildman–Crippen MR) is 157 cm³/mol. The van der Waals surface area contributed by atoms with E-state index in [-0.39, 0.29) is 69.0 Å². The smallest absolute Gasteiger partial charge is 0.353 e. The molecule has 5 rings (SSSR count). The number of hydrogen-bond donors (Lipinski definition) is 1. The topological polar surface area (TPSA) is 75.7 Å². The Kier molecular flexibility index (Phi) is 7.40. The first-order chi connectivity index (χ1) is 19.6. The van der Waals surface area contributed by atoms with Gasteiger partial charge in [-0.1, -0.05) is 54.0 Å². The van der Waals surface area contributed by atoms with E-state index in [1.807, 2.05) is 6.08 Å². The van der Waals surface area contributed by atoms with E-state index >= 15 is 0 Å². The number of carbonyl (C=O) groups is 3. The van der Waals surface area contributed by atoms with Gasteiger partial charge in [-0.2, -0.15) is 0 Å². The number of rotatable bonds is 3. The Morgan fingerprint density at radius 3 is 2.16 bits per heavy atom. The predicted octanol–water partition coefficient (Wildman–Crippen LogP) is 7.38. The molecule has 0 aromatic heterocycles. The number of ketones is 1. The number of halogens is 3. The lowest BCUT2D eigenvalue weighted by Crippen LogP contribution is -2.67. The lowest BCUT2D eigenvalue weighted by molar-refractivity contribution is -0.347. The summed E-state index contributed by atoms with van der Waals surface area (Å²) in [5.41, 5.74) is -1.44. The second kappa shape index (κ2) is 9.80. The van der Waals surface area contributed by atoms with Crippen molar-refractivity contribution in [3.8, 4) is 0 Å². The third-order valence-electron chi connectivity index (χ3n) is 14.1. The minimum Gasteiger partial charge on any atom is -0.353 e. The van der Waals surface area contributed by atoms with Crippen LogP contribution in [0.15, 0.2) is 11.6 Å². The first-order valence-corrected chi connectivity index (χ1v) is 16.1. The third-order valence-corrected chi connectivity index (χ3v) is 14.1. The summed E-state index contributed by atoms with van der Waals surface area (Å²) in [5, 5.41) is 2.78. The molecule has 1 N–H and O–H groups in total. The molecule has 0 bridgehead atoms. The van der Waals surface area contributed by atoms with Gasteiger partial charge < -0.3 is 5.32 Å². The highest BCUT2D eigenvalue weighted by Crippen LogP contribution is 2.75. The van der Waals surface area contributed by atoms with Gasteiger partial charge >= 0.3 is 6.30 Å². The maximum Gasteiger partial charge on any atom is 0.511 e. The van der Waals surface area contributed by atoms with Crippen molar-refractivity contribution in [2.75, 3.05) is 7.11 Å². The molecular weight excluding hydrogens is 557 g/mol. The molecule has 9 atom stereocenters. The Morgan fingerprint density at radius 2 is 1.58 bits per heavy atom. The third kappa shape index (κ3) is 4.47. The molecule has 0 aliphatic heterocycles. The largest absolute Gasteiger partial charge is 0.511 e. The number of hydrogen-bond acceptors (Lipinski definition) is 4. The van der Waals surface area contributed by atoms with Crippen LogP contribution in [0.4, 0.5) is 13.2 Å². The Labute approximate surface area is 254 Å². The van der Waals surface area contributed by atoms with Gasteiger partial charge in [-0.15, -0.1) is 18.2 Å². The number of nitrogens with one attached hydrogen (secondary N) is 1. The average molecular weight is 609 g/mol. The zero-order valence-corrected chi connectivity index (χ0v) is 27.5. The van der Waals surface area contributed by atoms with Gasteiger partial charge in [0.15, 0.2) is 5.78 Å². The quantitative estimate of drug-likeness (QED) is 0.268. The molecule has 2 amide bonds. The lowest BCUT2D eigenvalue weighted by atomic mass is 9.33. The van der Waals surface area contributed by atoms with Gasteiger partial charge in [0.2, 0.25) is 5.91 Å².